The predicted octanol–water partition coefficient (Wildman–Crippen LogP) is 4.38. The van der Waals surface area contributed by atoms with Crippen molar-refractivity contribution in [2.75, 3.05) is 26.0 Å². The summed E-state index contributed by atoms with van der Waals surface area (Å²) in [5.41, 5.74) is 1.32. The van der Waals surface area contributed by atoms with E-state index in [4.69, 9.17) is 16.3 Å². The molecule has 1 aliphatic carbocycles. The maximum absolute atomic E-state index is 11.9. The highest BCUT2D eigenvalue weighted by molar-refractivity contribution is 8.03. The van der Waals surface area contributed by atoms with Crippen LogP contribution in [0.3, 0.4) is 0 Å². The van der Waals surface area contributed by atoms with E-state index < -0.39 is 0 Å². The number of methoxy groups -OCH3 is 1. The van der Waals surface area contributed by atoms with Crippen molar-refractivity contribution in [2.45, 2.75) is 41.9 Å². The SMILES string of the molecule is COCCNC(=O)CSC1CCCCC1SCc1ccc(Cl)cc1. The molecule has 134 valence electrons. The quantitative estimate of drug-likeness (QED) is 0.638. The molecular formula is C18H26ClNO2S2. The Hall–Kier alpha value is -0.360. The number of halogens is 1. The Bertz CT molecular complexity index is 498. The summed E-state index contributed by atoms with van der Waals surface area (Å²) in [7, 11) is 1.64. The van der Waals surface area contributed by atoms with Gasteiger partial charge < -0.3 is 10.1 Å². The summed E-state index contributed by atoms with van der Waals surface area (Å²) in [6, 6.07) is 8.11. The standard InChI is InChI=1S/C18H26ClNO2S2/c1-22-11-10-20-18(21)13-24-17-5-3-2-4-16(17)23-12-14-6-8-15(19)9-7-14/h6-9,16-17H,2-5,10-13H2,1H3,(H,20,21). The van der Waals surface area contributed by atoms with Crippen LogP contribution >= 0.6 is 35.1 Å². The third-order valence-electron chi connectivity index (χ3n) is 4.08. The molecule has 1 N–H and O–H groups in total. The Balaban J connectivity index is 1.75. The highest BCUT2D eigenvalue weighted by atomic mass is 35.5. The van der Waals surface area contributed by atoms with Crippen LogP contribution in [-0.2, 0) is 15.3 Å². The van der Waals surface area contributed by atoms with E-state index in [-0.39, 0.29) is 5.91 Å². The van der Waals surface area contributed by atoms with E-state index in [1.54, 1.807) is 7.11 Å². The molecule has 0 radical (unpaired) electrons. The minimum absolute atomic E-state index is 0.115. The van der Waals surface area contributed by atoms with Crippen LogP contribution < -0.4 is 5.32 Å². The largest absolute Gasteiger partial charge is 0.383 e. The average molecular weight is 388 g/mol. The van der Waals surface area contributed by atoms with Gasteiger partial charge in [-0.2, -0.15) is 11.8 Å². The third kappa shape index (κ3) is 7.26. The zero-order valence-electron chi connectivity index (χ0n) is 14.1. The molecule has 6 heteroatoms. The zero-order chi connectivity index (χ0) is 17.2. The van der Waals surface area contributed by atoms with Gasteiger partial charge in [-0.25, -0.2) is 0 Å². The van der Waals surface area contributed by atoms with Crippen molar-refractivity contribution in [1.82, 2.24) is 5.32 Å². The molecule has 0 aliphatic heterocycles. The van der Waals surface area contributed by atoms with Crippen LogP contribution in [0.2, 0.25) is 5.02 Å². The van der Waals surface area contributed by atoms with E-state index >= 15 is 0 Å². The molecule has 2 atom stereocenters. The Morgan fingerprint density at radius 1 is 1.21 bits per heavy atom. The number of nitrogens with one attached hydrogen (secondary N) is 1. The molecule has 0 heterocycles. The topological polar surface area (TPSA) is 38.3 Å². The molecule has 0 saturated heterocycles. The summed E-state index contributed by atoms with van der Waals surface area (Å²) in [5, 5.41) is 4.89. The number of rotatable bonds is 9. The van der Waals surface area contributed by atoms with Crippen molar-refractivity contribution in [3.63, 3.8) is 0 Å². The number of ether oxygens (including phenoxy) is 1. The molecule has 3 nitrogen and oxygen atoms in total. The van der Waals surface area contributed by atoms with E-state index in [0.717, 1.165) is 10.8 Å². The van der Waals surface area contributed by atoms with Gasteiger partial charge >= 0.3 is 0 Å². The van der Waals surface area contributed by atoms with Gasteiger partial charge in [0.1, 0.15) is 0 Å². The fraction of sp³-hybridized carbons (Fsp3) is 0.611. The van der Waals surface area contributed by atoms with E-state index in [0.29, 0.717) is 29.4 Å². The Morgan fingerprint density at radius 2 is 1.88 bits per heavy atom. The summed E-state index contributed by atoms with van der Waals surface area (Å²) >= 11 is 9.78. The molecule has 0 aromatic heterocycles. The monoisotopic (exact) mass is 387 g/mol. The van der Waals surface area contributed by atoms with E-state index in [9.17, 15) is 4.79 Å². The van der Waals surface area contributed by atoms with Crippen molar-refractivity contribution >= 4 is 41.0 Å². The van der Waals surface area contributed by atoms with Gasteiger partial charge in [-0.05, 0) is 30.5 Å². The van der Waals surface area contributed by atoms with Gasteiger partial charge in [0.25, 0.3) is 0 Å². The highest BCUT2D eigenvalue weighted by Crippen LogP contribution is 2.37. The van der Waals surface area contributed by atoms with E-state index in [2.05, 4.69) is 17.4 Å². The van der Waals surface area contributed by atoms with Crippen LogP contribution in [0, 0.1) is 0 Å². The van der Waals surface area contributed by atoms with Crippen molar-refractivity contribution < 1.29 is 9.53 Å². The molecule has 1 saturated carbocycles. The van der Waals surface area contributed by atoms with Crippen LogP contribution in [0.25, 0.3) is 0 Å². The zero-order valence-corrected chi connectivity index (χ0v) is 16.5. The van der Waals surface area contributed by atoms with E-state index in [1.807, 2.05) is 35.7 Å². The smallest absolute Gasteiger partial charge is 0.230 e. The first-order chi connectivity index (χ1) is 11.7. The summed E-state index contributed by atoms with van der Waals surface area (Å²) in [6.07, 6.45) is 5.05. The number of benzene rings is 1. The number of hydrogen-bond donors (Lipinski definition) is 1. The fourth-order valence-electron chi connectivity index (χ4n) is 2.75. The molecule has 1 fully saturated rings. The van der Waals surface area contributed by atoms with Gasteiger partial charge in [0.15, 0.2) is 0 Å². The predicted molar refractivity (Wildman–Crippen MR) is 106 cm³/mol. The lowest BCUT2D eigenvalue weighted by atomic mass is 10.00. The Morgan fingerprint density at radius 3 is 2.54 bits per heavy atom. The number of amides is 1. The molecule has 0 bridgehead atoms. The molecule has 2 unspecified atom stereocenters. The number of thioether (sulfide) groups is 2. The first-order valence-corrected chi connectivity index (χ1v) is 10.9. The molecule has 2 rings (SSSR count). The molecule has 1 aromatic carbocycles. The maximum atomic E-state index is 11.9. The normalized spacial score (nSPS) is 20.8. The lowest BCUT2D eigenvalue weighted by molar-refractivity contribution is -0.118. The van der Waals surface area contributed by atoms with Crippen LogP contribution in [0.4, 0.5) is 0 Å². The summed E-state index contributed by atoms with van der Waals surface area (Å²) in [5.74, 6) is 1.68. The lowest BCUT2D eigenvalue weighted by Crippen LogP contribution is -2.31. The Labute approximate surface area is 158 Å². The molecule has 1 aliphatic rings. The van der Waals surface area contributed by atoms with Crippen molar-refractivity contribution in [2.24, 2.45) is 0 Å². The summed E-state index contributed by atoms with van der Waals surface area (Å²) in [4.78, 5) is 11.9. The van der Waals surface area contributed by atoms with Crippen molar-refractivity contribution in [3.05, 3.63) is 34.9 Å². The van der Waals surface area contributed by atoms with E-state index in [1.165, 1.54) is 31.2 Å². The van der Waals surface area contributed by atoms with Gasteiger partial charge in [-0.15, -0.1) is 11.8 Å². The summed E-state index contributed by atoms with van der Waals surface area (Å²) in [6.45, 7) is 1.16. The van der Waals surface area contributed by atoms with Crippen LogP contribution in [0.15, 0.2) is 24.3 Å². The average Bonchev–Trinajstić information content (AvgIpc) is 2.60. The first kappa shape index (κ1) is 20.0. The van der Waals surface area contributed by atoms with Gasteiger partial charge in [0.2, 0.25) is 5.91 Å². The Kier molecular flexibility index (Phi) is 9.39. The van der Waals surface area contributed by atoms with Gasteiger partial charge in [-0.1, -0.05) is 36.6 Å². The lowest BCUT2D eigenvalue weighted by Gasteiger charge is -2.30. The van der Waals surface area contributed by atoms with Gasteiger partial charge in [0.05, 0.1) is 12.4 Å². The minimum atomic E-state index is 0.115. The second-order valence-electron chi connectivity index (χ2n) is 5.95. The van der Waals surface area contributed by atoms with Crippen LogP contribution in [0.5, 0.6) is 0 Å². The van der Waals surface area contributed by atoms with Gasteiger partial charge in [0, 0.05) is 34.9 Å². The molecular weight excluding hydrogens is 362 g/mol. The molecule has 1 aromatic rings. The number of carbonyl (C=O) groups is 1. The minimum Gasteiger partial charge on any atom is -0.383 e. The fourth-order valence-corrected chi connectivity index (χ4v) is 5.79. The number of carbonyl (C=O) groups excluding carboxylic acids is 1. The first-order valence-electron chi connectivity index (χ1n) is 8.42. The van der Waals surface area contributed by atoms with Gasteiger partial charge in [-0.3, -0.25) is 4.79 Å². The van der Waals surface area contributed by atoms with Crippen LogP contribution in [0.1, 0.15) is 31.2 Å². The van der Waals surface area contributed by atoms with Crippen molar-refractivity contribution in [3.8, 4) is 0 Å². The van der Waals surface area contributed by atoms with Crippen LogP contribution in [-0.4, -0.2) is 42.4 Å². The highest BCUT2D eigenvalue weighted by Gasteiger charge is 2.26. The second-order valence-corrected chi connectivity index (χ2v) is 8.84. The molecule has 1 amide bonds. The molecule has 24 heavy (non-hydrogen) atoms. The molecule has 0 spiro atoms. The summed E-state index contributed by atoms with van der Waals surface area (Å²) < 4.78 is 4.95. The van der Waals surface area contributed by atoms with Crippen molar-refractivity contribution in [1.29, 1.82) is 0 Å². The second kappa shape index (κ2) is 11.3. The third-order valence-corrected chi connectivity index (χ3v) is 7.41. The number of hydrogen-bond acceptors (Lipinski definition) is 4. The maximum Gasteiger partial charge on any atom is 0.230 e.